The fourth-order valence-electron chi connectivity index (χ4n) is 1.41. The van der Waals surface area contributed by atoms with Crippen LogP contribution in [0.3, 0.4) is 0 Å². The average Bonchev–Trinajstić information content (AvgIpc) is 2.29. The van der Waals surface area contributed by atoms with E-state index in [0.717, 1.165) is 0 Å². The van der Waals surface area contributed by atoms with Crippen molar-refractivity contribution in [1.29, 1.82) is 0 Å². The van der Waals surface area contributed by atoms with E-state index >= 15 is 0 Å². The number of hydrogen-bond acceptors (Lipinski definition) is 4. The minimum atomic E-state index is -2.69. The Labute approximate surface area is 117 Å². The molecule has 1 heterocycles. The molecule has 1 rings (SSSR count). The molecule has 2 N–H and O–H groups in total. The van der Waals surface area contributed by atoms with Gasteiger partial charge in [-0.05, 0) is 41.1 Å². The number of esters is 1. The summed E-state index contributed by atoms with van der Waals surface area (Å²) in [7, 11) is 0. The van der Waals surface area contributed by atoms with Gasteiger partial charge in [0, 0.05) is 12.1 Å². The molecule has 100 valence electrons. The normalized spacial score (nSPS) is 10.8. The fraction of sp³-hybridized carbons (Fsp3) is 0.455. The van der Waals surface area contributed by atoms with Gasteiger partial charge in [-0.1, -0.05) is 0 Å². The topological polar surface area (TPSA) is 65.2 Å². The third-order valence-corrected chi connectivity index (χ3v) is 3.17. The van der Waals surface area contributed by atoms with Crippen molar-refractivity contribution in [2.45, 2.75) is 26.3 Å². The Balaban J connectivity index is 3.09. The first-order valence-electron chi connectivity index (χ1n) is 5.31. The van der Waals surface area contributed by atoms with E-state index in [0.29, 0.717) is 9.26 Å². The van der Waals surface area contributed by atoms with E-state index < -0.39 is 12.4 Å². The molecule has 0 aliphatic heterocycles. The summed E-state index contributed by atoms with van der Waals surface area (Å²) >= 11 is 1.91. The van der Waals surface area contributed by atoms with Gasteiger partial charge in [-0.25, -0.2) is 13.8 Å². The van der Waals surface area contributed by atoms with Gasteiger partial charge in [0.1, 0.15) is 3.70 Å². The first kappa shape index (κ1) is 15.2. The van der Waals surface area contributed by atoms with Crippen LogP contribution in [-0.2, 0) is 22.5 Å². The minimum Gasteiger partial charge on any atom is -0.466 e. The van der Waals surface area contributed by atoms with E-state index in [1.165, 1.54) is 6.07 Å². The number of hydrogen-bond donors (Lipinski definition) is 1. The van der Waals surface area contributed by atoms with Crippen LogP contribution < -0.4 is 5.73 Å². The van der Waals surface area contributed by atoms with Crippen LogP contribution in [0.25, 0.3) is 0 Å². The summed E-state index contributed by atoms with van der Waals surface area (Å²) in [5.41, 5.74) is 5.76. The highest BCUT2D eigenvalue weighted by Gasteiger charge is 2.19. The van der Waals surface area contributed by atoms with Gasteiger partial charge >= 0.3 is 5.97 Å². The molecule has 0 fully saturated rings. The molecule has 18 heavy (non-hydrogen) atoms. The molecule has 0 aromatic carbocycles. The number of nitrogens with two attached hydrogens (primary N) is 1. The largest absolute Gasteiger partial charge is 0.466 e. The summed E-state index contributed by atoms with van der Waals surface area (Å²) in [6.45, 7) is 1.99. The minimum absolute atomic E-state index is 0.0463. The molecule has 0 atom stereocenters. The molecule has 4 nitrogen and oxygen atoms in total. The van der Waals surface area contributed by atoms with E-state index in [-0.39, 0.29) is 30.8 Å². The monoisotopic (exact) mass is 370 g/mol. The maximum atomic E-state index is 12.9. The molecular weight excluding hydrogens is 357 g/mol. The highest BCUT2D eigenvalue weighted by atomic mass is 127. The van der Waals surface area contributed by atoms with Crippen LogP contribution in [0.1, 0.15) is 30.2 Å². The molecule has 0 spiro atoms. The molecule has 0 saturated carbocycles. The lowest BCUT2D eigenvalue weighted by atomic mass is 10.1. The van der Waals surface area contributed by atoms with Gasteiger partial charge in [0.05, 0.1) is 18.7 Å². The second-order valence-electron chi connectivity index (χ2n) is 3.46. The first-order valence-corrected chi connectivity index (χ1v) is 6.39. The summed E-state index contributed by atoms with van der Waals surface area (Å²) in [5, 5.41) is 0. The molecule has 0 bridgehead atoms. The number of carbonyl (C=O) groups excluding carboxylic acids is 1. The maximum absolute atomic E-state index is 12.9. The number of carbonyl (C=O) groups is 1. The Bertz CT molecular complexity index is 441. The average molecular weight is 370 g/mol. The number of nitrogens with zero attached hydrogens (tertiary/aromatic N) is 1. The van der Waals surface area contributed by atoms with Crippen LogP contribution >= 0.6 is 22.6 Å². The summed E-state index contributed by atoms with van der Waals surface area (Å²) in [4.78, 5) is 15.3. The molecular formula is C11H13F2IN2O2. The van der Waals surface area contributed by atoms with Crippen molar-refractivity contribution < 1.29 is 18.3 Å². The van der Waals surface area contributed by atoms with Crippen LogP contribution in [0.15, 0.2) is 6.07 Å². The smallest absolute Gasteiger partial charge is 0.311 e. The van der Waals surface area contributed by atoms with Crippen molar-refractivity contribution in [3.05, 3.63) is 26.6 Å². The van der Waals surface area contributed by atoms with Crippen molar-refractivity contribution in [3.63, 3.8) is 0 Å². The van der Waals surface area contributed by atoms with Crippen molar-refractivity contribution in [2.75, 3.05) is 6.61 Å². The van der Waals surface area contributed by atoms with E-state index in [4.69, 9.17) is 10.5 Å². The maximum Gasteiger partial charge on any atom is 0.311 e. The molecule has 1 aromatic heterocycles. The molecule has 7 heteroatoms. The molecule has 0 radical (unpaired) electrons. The highest BCUT2D eigenvalue weighted by Crippen LogP contribution is 2.25. The third kappa shape index (κ3) is 3.84. The van der Waals surface area contributed by atoms with Gasteiger partial charge in [-0.2, -0.15) is 0 Å². The lowest BCUT2D eigenvalue weighted by Gasteiger charge is -2.11. The summed E-state index contributed by atoms with van der Waals surface area (Å²) in [6, 6.07) is 1.30. The predicted octanol–water partition coefficient (Wildman–Crippen LogP) is 2.19. The molecule has 0 aliphatic carbocycles. The van der Waals surface area contributed by atoms with Crippen LogP contribution in [0, 0.1) is 3.70 Å². The van der Waals surface area contributed by atoms with Gasteiger partial charge in [-0.3, -0.25) is 4.79 Å². The standard InChI is InChI=1S/C11H13F2IN2O2/c1-2-18-9(17)4-8-7(10(12)13)3-6(5-15)11(14)16-8/h3,10H,2,4-5,15H2,1H3. The number of ether oxygens (including phenoxy) is 1. The van der Waals surface area contributed by atoms with Crippen molar-refractivity contribution in [2.24, 2.45) is 5.73 Å². The molecule has 0 saturated heterocycles. The van der Waals surface area contributed by atoms with Gasteiger partial charge in [-0.15, -0.1) is 0 Å². The van der Waals surface area contributed by atoms with E-state index in [2.05, 4.69) is 4.98 Å². The van der Waals surface area contributed by atoms with Crippen molar-refractivity contribution in [1.82, 2.24) is 4.98 Å². The van der Waals surface area contributed by atoms with E-state index in [1.807, 2.05) is 22.6 Å². The van der Waals surface area contributed by atoms with E-state index in [9.17, 15) is 13.6 Å². The fourth-order valence-corrected chi connectivity index (χ4v) is 2.07. The quantitative estimate of drug-likeness (QED) is 0.490. The Morgan fingerprint density at radius 2 is 2.28 bits per heavy atom. The second kappa shape index (κ2) is 6.93. The van der Waals surface area contributed by atoms with Crippen LogP contribution in [0.5, 0.6) is 0 Å². The molecule has 0 aliphatic rings. The lowest BCUT2D eigenvalue weighted by molar-refractivity contribution is -0.142. The van der Waals surface area contributed by atoms with E-state index in [1.54, 1.807) is 6.92 Å². The Hall–Kier alpha value is -0.830. The second-order valence-corrected chi connectivity index (χ2v) is 4.48. The SMILES string of the molecule is CCOC(=O)Cc1nc(I)c(CN)cc1C(F)F. The first-order chi connectivity index (χ1) is 8.49. The van der Waals surface area contributed by atoms with Gasteiger partial charge in [0.15, 0.2) is 0 Å². The van der Waals surface area contributed by atoms with Crippen LogP contribution in [0.4, 0.5) is 8.78 Å². The Kier molecular flexibility index (Phi) is 5.86. The zero-order valence-corrected chi connectivity index (χ0v) is 11.9. The molecule has 0 unspecified atom stereocenters. The molecule has 0 amide bonds. The zero-order chi connectivity index (χ0) is 13.7. The number of halogens is 3. The summed E-state index contributed by atoms with van der Waals surface area (Å²) < 4.78 is 31.0. The van der Waals surface area contributed by atoms with Gasteiger partial charge < -0.3 is 10.5 Å². The third-order valence-electron chi connectivity index (χ3n) is 2.23. The van der Waals surface area contributed by atoms with Gasteiger partial charge in [0.2, 0.25) is 0 Å². The van der Waals surface area contributed by atoms with Crippen molar-refractivity contribution in [3.8, 4) is 0 Å². The summed E-state index contributed by atoms with van der Waals surface area (Å²) in [5.74, 6) is -0.566. The number of rotatable bonds is 5. The lowest BCUT2D eigenvalue weighted by Crippen LogP contribution is -2.13. The van der Waals surface area contributed by atoms with Crippen molar-refractivity contribution >= 4 is 28.6 Å². The summed E-state index contributed by atoms with van der Waals surface area (Å²) in [6.07, 6.45) is -2.95. The van der Waals surface area contributed by atoms with Crippen LogP contribution in [0.2, 0.25) is 0 Å². The Morgan fingerprint density at radius 3 is 2.78 bits per heavy atom. The zero-order valence-electron chi connectivity index (χ0n) is 9.75. The van der Waals surface area contributed by atoms with Crippen LogP contribution in [-0.4, -0.2) is 17.6 Å². The molecule has 1 aromatic rings. The number of alkyl halides is 2. The predicted molar refractivity (Wildman–Crippen MR) is 70.1 cm³/mol. The van der Waals surface area contributed by atoms with Gasteiger partial charge in [0.25, 0.3) is 6.43 Å². The highest BCUT2D eigenvalue weighted by molar-refractivity contribution is 14.1. The number of aromatic nitrogens is 1. The number of pyridine rings is 1. The Morgan fingerprint density at radius 1 is 1.61 bits per heavy atom.